The summed E-state index contributed by atoms with van der Waals surface area (Å²) in [7, 11) is 0. The smallest absolute Gasteiger partial charge is 0.251 e. The zero-order chi connectivity index (χ0) is 12.0. The van der Waals surface area contributed by atoms with E-state index in [1.807, 2.05) is 31.2 Å². The second kappa shape index (κ2) is 6.31. The average Bonchev–Trinajstić information content (AvgIpc) is 2.29. The molecule has 1 rings (SSSR count). The van der Waals surface area contributed by atoms with Crippen molar-refractivity contribution in [3.8, 4) is 0 Å². The maximum atomic E-state index is 11.8. The van der Waals surface area contributed by atoms with Crippen LogP contribution in [0.15, 0.2) is 24.3 Å². The molecule has 0 saturated heterocycles. The number of hydrogen-bond donors (Lipinski definition) is 1. The Kier molecular flexibility index (Phi) is 5.03. The third-order valence-corrected chi connectivity index (χ3v) is 3.01. The van der Waals surface area contributed by atoms with Crippen LogP contribution >= 0.6 is 0 Å². The molecule has 0 aliphatic carbocycles. The van der Waals surface area contributed by atoms with E-state index in [2.05, 4.69) is 19.2 Å². The predicted molar refractivity (Wildman–Crippen MR) is 67.6 cm³/mol. The fourth-order valence-corrected chi connectivity index (χ4v) is 1.56. The minimum atomic E-state index is 0.0430. The highest BCUT2D eigenvalue weighted by Gasteiger charge is 2.07. The Balaban J connectivity index is 2.44. The van der Waals surface area contributed by atoms with Crippen LogP contribution in [0.5, 0.6) is 0 Å². The lowest BCUT2D eigenvalue weighted by molar-refractivity contribution is 0.0951. The van der Waals surface area contributed by atoms with Crippen molar-refractivity contribution in [1.29, 1.82) is 0 Å². The molecule has 0 radical (unpaired) electrons. The van der Waals surface area contributed by atoms with Gasteiger partial charge in [0.15, 0.2) is 0 Å². The van der Waals surface area contributed by atoms with Crippen LogP contribution < -0.4 is 5.32 Å². The van der Waals surface area contributed by atoms with Gasteiger partial charge in [0.25, 0.3) is 5.91 Å². The molecule has 1 amide bonds. The first-order valence-corrected chi connectivity index (χ1v) is 5.99. The van der Waals surface area contributed by atoms with Crippen LogP contribution in [0, 0.1) is 12.8 Å². The summed E-state index contributed by atoms with van der Waals surface area (Å²) in [6.07, 6.45) is 2.22. The topological polar surface area (TPSA) is 29.1 Å². The number of carbonyl (C=O) groups excluding carboxylic acids is 1. The lowest BCUT2D eigenvalue weighted by Crippen LogP contribution is -2.26. The van der Waals surface area contributed by atoms with Gasteiger partial charge >= 0.3 is 0 Å². The lowest BCUT2D eigenvalue weighted by Gasteiger charge is -2.10. The van der Waals surface area contributed by atoms with Gasteiger partial charge in [-0.05, 0) is 30.9 Å². The van der Waals surface area contributed by atoms with Crippen LogP contribution in [0.3, 0.4) is 0 Å². The van der Waals surface area contributed by atoms with Crippen molar-refractivity contribution in [2.24, 2.45) is 5.92 Å². The van der Waals surface area contributed by atoms with Crippen LogP contribution in [0.25, 0.3) is 0 Å². The number of amides is 1. The minimum Gasteiger partial charge on any atom is -0.352 e. The van der Waals surface area contributed by atoms with Gasteiger partial charge in [-0.1, -0.05) is 38.5 Å². The molecule has 1 aromatic carbocycles. The highest BCUT2D eigenvalue weighted by Crippen LogP contribution is 2.08. The van der Waals surface area contributed by atoms with Crippen molar-refractivity contribution < 1.29 is 4.79 Å². The van der Waals surface area contributed by atoms with Gasteiger partial charge in [-0.3, -0.25) is 4.79 Å². The van der Waals surface area contributed by atoms with E-state index < -0.39 is 0 Å². The Hall–Kier alpha value is -1.31. The Bertz CT molecular complexity index is 346. The first kappa shape index (κ1) is 12.8. The summed E-state index contributed by atoms with van der Waals surface area (Å²) in [4.78, 5) is 11.8. The van der Waals surface area contributed by atoms with Gasteiger partial charge in [0, 0.05) is 12.1 Å². The fourth-order valence-electron chi connectivity index (χ4n) is 1.56. The first-order valence-electron chi connectivity index (χ1n) is 5.99. The quantitative estimate of drug-likeness (QED) is 0.809. The summed E-state index contributed by atoms with van der Waals surface area (Å²) < 4.78 is 0. The van der Waals surface area contributed by atoms with Gasteiger partial charge in [-0.15, -0.1) is 0 Å². The third kappa shape index (κ3) is 3.69. The standard InChI is InChI=1S/C14H21NO/c1-4-11(2)9-10-15-14(16)13-8-6-5-7-12(13)3/h5-8,11H,4,9-10H2,1-3H3,(H,15,16). The van der Waals surface area contributed by atoms with Gasteiger partial charge in [-0.2, -0.15) is 0 Å². The van der Waals surface area contributed by atoms with Gasteiger partial charge < -0.3 is 5.32 Å². The van der Waals surface area contributed by atoms with Crippen molar-refractivity contribution >= 4 is 5.91 Å². The summed E-state index contributed by atoms with van der Waals surface area (Å²) in [5, 5.41) is 2.97. The maximum Gasteiger partial charge on any atom is 0.251 e. The van der Waals surface area contributed by atoms with Crippen molar-refractivity contribution in [3.63, 3.8) is 0 Å². The highest BCUT2D eigenvalue weighted by atomic mass is 16.1. The van der Waals surface area contributed by atoms with Gasteiger partial charge in [0.05, 0.1) is 0 Å². The predicted octanol–water partition coefficient (Wildman–Crippen LogP) is 3.16. The van der Waals surface area contributed by atoms with Crippen LogP contribution in [0.1, 0.15) is 42.6 Å². The summed E-state index contributed by atoms with van der Waals surface area (Å²) in [5.41, 5.74) is 1.81. The van der Waals surface area contributed by atoms with Crippen LogP contribution in [0.2, 0.25) is 0 Å². The van der Waals surface area contributed by atoms with E-state index in [0.29, 0.717) is 5.92 Å². The summed E-state index contributed by atoms with van der Waals surface area (Å²) in [6.45, 7) is 7.11. The number of benzene rings is 1. The van der Waals surface area contributed by atoms with E-state index in [1.165, 1.54) is 6.42 Å². The van der Waals surface area contributed by atoms with Crippen LogP contribution in [0.4, 0.5) is 0 Å². The molecular formula is C14H21NO. The maximum absolute atomic E-state index is 11.8. The molecule has 1 atom stereocenters. The third-order valence-electron chi connectivity index (χ3n) is 3.01. The molecule has 2 nitrogen and oxygen atoms in total. The zero-order valence-corrected chi connectivity index (χ0v) is 10.4. The molecule has 16 heavy (non-hydrogen) atoms. The summed E-state index contributed by atoms with van der Waals surface area (Å²) in [6, 6.07) is 7.68. The van der Waals surface area contributed by atoms with Crippen LogP contribution in [-0.4, -0.2) is 12.5 Å². The molecule has 0 aromatic heterocycles. The SMILES string of the molecule is CCC(C)CCNC(=O)c1ccccc1C. The Labute approximate surface area is 98.1 Å². The van der Waals surface area contributed by atoms with Gasteiger partial charge in [0.1, 0.15) is 0 Å². The Morgan fingerprint density at radius 3 is 2.69 bits per heavy atom. The number of carbonyl (C=O) groups is 1. The van der Waals surface area contributed by atoms with E-state index >= 15 is 0 Å². The van der Waals surface area contributed by atoms with Gasteiger partial charge in [0.2, 0.25) is 0 Å². The van der Waals surface area contributed by atoms with E-state index in [9.17, 15) is 4.79 Å². The molecule has 0 spiro atoms. The second-order valence-corrected chi connectivity index (χ2v) is 4.37. The van der Waals surface area contributed by atoms with Crippen LogP contribution in [-0.2, 0) is 0 Å². The second-order valence-electron chi connectivity index (χ2n) is 4.37. The average molecular weight is 219 g/mol. The van der Waals surface area contributed by atoms with Gasteiger partial charge in [-0.25, -0.2) is 0 Å². The van der Waals surface area contributed by atoms with E-state index in [4.69, 9.17) is 0 Å². The molecule has 0 aliphatic heterocycles. The van der Waals surface area contributed by atoms with E-state index in [-0.39, 0.29) is 5.91 Å². The summed E-state index contributed by atoms with van der Waals surface area (Å²) >= 11 is 0. The molecule has 1 unspecified atom stereocenters. The Morgan fingerprint density at radius 2 is 2.06 bits per heavy atom. The molecule has 2 heteroatoms. The molecule has 0 heterocycles. The minimum absolute atomic E-state index is 0.0430. The molecular weight excluding hydrogens is 198 g/mol. The van der Waals surface area contributed by atoms with Crippen molar-refractivity contribution in [2.75, 3.05) is 6.54 Å². The lowest BCUT2D eigenvalue weighted by atomic mass is 10.1. The van der Waals surface area contributed by atoms with E-state index in [0.717, 1.165) is 24.1 Å². The van der Waals surface area contributed by atoms with Crippen molar-refractivity contribution in [2.45, 2.75) is 33.6 Å². The molecule has 0 fully saturated rings. The normalized spacial score (nSPS) is 12.2. The molecule has 88 valence electrons. The highest BCUT2D eigenvalue weighted by molar-refractivity contribution is 5.95. The van der Waals surface area contributed by atoms with E-state index in [1.54, 1.807) is 0 Å². The largest absolute Gasteiger partial charge is 0.352 e. The molecule has 1 N–H and O–H groups in total. The van der Waals surface area contributed by atoms with Crippen molar-refractivity contribution in [3.05, 3.63) is 35.4 Å². The molecule has 0 saturated carbocycles. The first-order chi connectivity index (χ1) is 7.65. The number of rotatable bonds is 5. The molecule has 1 aromatic rings. The number of hydrogen-bond acceptors (Lipinski definition) is 1. The Morgan fingerprint density at radius 1 is 1.38 bits per heavy atom. The fraction of sp³-hybridized carbons (Fsp3) is 0.500. The number of nitrogens with one attached hydrogen (secondary N) is 1. The molecule has 0 bridgehead atoms. The monoisotopic (exact) mass is 219 g/mol. The molecule has 0 aliphatic rings. The van der Waals surface area contributed by atoms with Crippen molar-refractivity contribution in [1.82, 2.24) is 5.32 Å². The number of aryl methyl sites for hydroxylation is 1. The summed E-state index contributed by atoms with van der Waals surface area (Å²) in [5.74, 6) is 0.721. The zero-order valence-electron chi connectivity index (χ0n) is 10.4.